The number of hydrogen-bond acceptors (Lipinski definition) is 2. The van der Waals surface area contributed by atoms with Gasteiger partial charge in [-0.25, -0.2) is 0 Å². The molecule has 1 rings (SSSR count). The molecule has 1 heterocycles. The van der Waals surface area contributed by atoms with E-state index in [-0.39, 0.29) is 0 Å². The summed E-state index contributed by atoms with van der Waals surface area (Å²) in [5, 5.41) is 13.7. The van der Waals surface area contributed by atoms with Crippen LogP contribution in [-0.4, -0.2) is 14.9 Å². The summed E-state index contributed by atoms with van der Waals surface area (Å²) in [6.07, 6.45) is 2.40. The number of aromatic nitrogens is 2. The first-order valence-electron chi connectivity index (χ1n) is 4.43. The molecular weight excluding hydrogens is 152 g/mol. The summed E-state index contributed by atoms with van der Waals surface area (Å²) in [5.41, 5.74) is 1.96. The Kier molecular flexibility index (Phi) is 2.87. The first-order chi connectivity index (χ1) is 5.69. The molecule has 0 saturated carbocycles. The second kappa shape index (κ2) is 3.72. The van der Waals surface area contributed by atoms with Crippen LogP contribution in [0, 0.1) is 0 Å². The molecule has 12 heavy (non-hydrogen) atoms. The van der Waals surface area contributed by atoms with Crippen molar-refractivity contribution in [3.8, 4) is 0 Å². The Balaban J connectivity index is 3.00. The van der Waals surface area contributed by atoms with E-state index in [9.17, 15) is 5.11 Å². The highest BCUT2D eigenvalue weighted by atomic mass is 16.3. The lowest BCUT2D eigenvalue weighted by Gasteiger charge is -2.00. The fraction of sp³-hybridized carbons (Fsp3) is 0.667. The molecule has 0 amide bonds. The summed E-state index contributed by atoms with van der Waals surface area (Å²) in [6.45, 7) is 6.72. The van der Waals surface area contributed by atoms with Crippen LogP contribution in [-0.2, 0) is 13.0 Å². The normalized spacial score (nSPS) is 13.3. The Morgan fingerprint density at radius 3 is 2.58 bits per heavy atom. The lowest BCUT2D eigenvalue weighted by molar-refractivity contribution is 0.198. The van der Waals surface area contributed by atoms with Crippen LogP contribution in [0.1, 0.15) is 38.1 Å². The Labute approximate surface area is 73.0 Å². The molecule has 0 fully saturated rings. The maximum Gasteiger partial charge on any atom is 0.0795 e. The largest absolute Gasteiger partial charge is 0.389 e. The molecule has 1 aromatic rings. The molecule has 68 valence electrons. The molecule has 0 aliphatic rings. The molecule has 0 saturated heterocycles. The van der Waals surface area contributed by atoms with Crippen molar-refractivity contribution in [1.29, 1.82) is 0 Å². The minimum atomic E-state index is -0.403. The van der Waals surface area contributed by atoms with Gasteiger partial charge in [-0.3, -0.25) is 4.68 Å². The lowest BCUT2D eigenvalue weighted by Crippen LogP contribution is -1.95. The molecule has 1 atom stereocenters. The van der Waals surface area contributed by atoms with E-state index in [0.717, 1.165) is 24.2 Å². The van der Waals surface area contributed by atoms with E-state index in [1.165, 1.54) is 0 Å². The third-order valence-corrected chi connectivity index (χ3v) is 1.98. The Morgan fingerprint density at radius 2 is 2.25 bits per heavy atom. The standard InChI is InChI=1S/C9H16N2O/c1-4-9-8(7(3)12)6-11(5-2)10-9/h6-7,12H,4-5H2,1-3H3. The van der Waals surface area contributed by atoms with Crippen LogP contribution >= 0.6 is 0 Å². The van der Waals surface area contributed by atoms with Gasteiger partial charge in [-0.1, -0.05) is 6.92 Å². The van der Waals surface area contributed by atoms with Gasteiger partial charge >= 0.3 is 0 Å². The average Bonchev–Trinajstić information content (AvgIpc) is 2.47. The summed E-state index contributed by atoms with van der Waals surface area (Å²) < 4.78 is 1.86. The zero-order valence-corrected chi connectivity index (χ0v) is 7.91. The van der Waals surface area contributed by atoms with Crippen LogP contribution in [0.5, 0.6) is 0 Å². The van der Waals surface area contributed by atoms with Crippen molar-refractivity contribution in [2.75, 3.05) is 0 Å². The summed E-state index contributed by atoms with van der Waals surface area (Å²) in [6, 6.07) is 0. The molecular formula is C9H16N2O. The van der Waals surface area contributed by atoms with Crippen molar-refractivity contribution in [2.45, 2.75) is 39.8 Å². The number of aliphatic hydroxyl groups is 1. The molecule has 1 unspecified atom stereocenters. The van der Waals surface area contributed by atoms with E-state index >= 15 is 0 Å². The molecule has 0 aliphatic carbocycles. The van der Waals surface area contributed by atoms with E-state index in [2.05, 4.69) is 5.10 Å². The molecule has 0 aliphatic heterocycles. The van der Waals surface area contributed by atoms with Gasteiger partial charge in [0.25, 0.3) is 0 Å². The van der Waals surface area contributed by atoms with Gasteiger partial charge in [0.1, 0.15) is 0 Å². The highest BCUT2D eigenvalue weighted by molar-refractivity contribution is 5.19. The second-order valence-electron chi connectivity index (χ2n) is 2.92. The first kappa shape index (κ1) is 9.26. The van der Waals surface area contributed by atoms with Crippen LogP contribution in [0.25, 0.3) is 0 Å². The maximum absolute atomic E-state index is 9.39. The van der Waals surface area contributed by atoms with Gasteiger partial charge in [0.05, 0.1) is 11.8 Å². The van der Waals surface area contributed by atoms with Gasteiger partial charge in [-0.05, 0) is 20.3 Å². The van der Waals surface area contributed by atoms with E-state index in [1.807, 2.05) is 24.7 Å². The molecule has 0 bridgehead atoms. The van der Waals surface area contributed by atoms with E-state index in [1.54, 1.807) is 6.92 Å². The van der Waals surface area contributed by atoms with Crippen molar-refractivity contribution in [3.63, 3.8) is 0 Å². The van der Waals surface area contributed by atoms with Gasteiger partial charge in [0.15, 0.2) is 0 Å². The van der Waals surface area contributed by atoms with Crippen molar-refractivity contribution >= 4 is 0 Å². The van der Waals surface area contributed by atoms with Gasteiger partial charge in [-0.2, -0.15) is 5.10 Å². The number of aryl methyl sites for hydroxylation is 2. The number of nitrogens with zero attached hydrogens (tertiary/aromatic N) is 2. The smallest absolute Gasteiger partial charge is 0.0795 e. The van der Waals surface area contributed by atoms with Gasteiger partial charge in [0, 0.05) is 18.3 Å². The molecule has 1 N–H and O–H groups in total. The molecule has 0 spiro atoms. The van der Waals surface area contributed by atoms with Crippen molar-refractivity contribution < 1.29 is 5.11 Å². The fourth-order valence-electron chi connectivity index (χ4n) is 1.26. The number of aliphatic hydroxyl groups excluding tert-OH is 1. The Morgan fingerprint density at radius 1 is 1.58 bits per heavy atom. The SMILES string of the molecule is CCc1nn(CC)cc1C(C)O. The first-order valence-corrected chi connectivity index (χ1v) is 4.43. The molecule has 0 aromatic carbocycles. The minimum Gasteiger partial charge on any atom is -0.389 e. The summed E-state index contributed by atoms with van der Waals surface area (Å²) in [7, 11) is 0. The monoisotopic (exact) mass is 168 g/mol. The highest BCUT2D eigenvalue weighted by Gasteiger charge is 2.10. The van der Waals surface area contributed by atoms with E-state index < -0.39 is 6.10 Å². The number of rotatable bonds is 3. The number of hydrogen-bond donors (Lipinski definition) is 1. The third kappa shape index (κ3) is 1.67. The van der Waals surface area contributed by atoms with E-state index in [0.29, 0.717) is 0 Å². The van der Waals surface area contributed by atoms with Gasteiger partial charge in [-0.15, -0.1) is 0 Å². The van der Waals surface area contributed by atoms with Gasteiger partial charge < -0.3 is 5.11 Å². The molecule has 3 nitrogen and oxygen atoms in total. The summed E-state index contributed by atoms with van der Waals surface area (Å²) >= 11 is 0. The van der Waals surface area contributed by atoms with Crippen LogP contribution in [0.2, 0.25) is 0 Å². The minimum absolute atomic E-state index is 0.403. The van der Waals surface area contributed by atoms with Gasteiger partial charge in [0.2, 0.25) is 0 Å². The summed E-state index contributed by atoms with van der Waals surface area (Å²) in [4.78, 5) is 0. The predicted molar refractivity (Wildman–Crippen MR) is 47.9 cm³/mol. The quantitative estimate of drug-likeness (QED) is 0.743. The Bertz CT molecular complexity index is 253. The topological polar surface area (TPSA) is 38.0 Å². The molecule has 1 aromatic heterocycles. The van der Waals surface area contributed by atoms with Crippen molar-refractivity contribution in [3.05, 3.63) is 17.5 Å². The summed E-state index contributed by atoms with van der Waals surface area (Å²) in [5.74, 6) is 0. The predicted octanol–water partition coefficient (Wildman–Crippen LogP) is 1.52. The highest BCUT2D eigenvalue weighted by Crippen LogP contribution is 2.16. The fourth-order valence-corrected chi connectivity index (χ4v) is 1.26. The zero-order chi connectivity index (χ0) is 9.14. The second-order valence-corrected chi connectivity index (χ2v) is 2.92. The third-order valence-electron chi connectivity index (χ3n) is 1.98. The van der Waals surface area contributed by atoms with Crippen LogP contribution in [0.3, 0.4) is 0 Å². The van der Waals surface area contributed by atoms with Crippen LogP contribution < -0.4 is 0 Å². The average molecular weight is 168 g/mol. The van der Waals surface area contributed by atoms with Crippen molar-refractivity contribution in [2.24, 2.45) is 0 Å². The van der Waals surface area contributed by atoms with Crippen LogP contribution in [0.4, 0.5) is 0 Å². The maximum atomic E-state index is 9.39. The lowest BCUT2D eigenvalue weighted by atomic mass is 10.1. The molecule has 3 heteroatoms. The van der Waals surface area contributed by atoms with Crippen molar-refractivity contribution in [1.82, 2.24) is 9.78 Å². The zero-order valence-electron chi connectivity index (χ0n) is 7.91. The molecule has 0 radical (unpaired) electrons. The Hall–Kier alpha value is -0.830. The van der Waals surface area contributed by atoms with Crippen LogP contribution in [0.15, 0.2) is 6.20 Å². The van der Waals surface area contributed by atoms with E-state index in [4.69, 9.17) is 0 Å².